The van der Waals surface area contributed by atoms with E-state index in [0.717, 1.165) is 10.4 Å². The van der Waals surface area contributed by atoms with E-state index in [1.54, 1.807) is 55.7 Å². The third-order valence-electron chi connectivity index (χ3n) is 4.79. The summed E-state index contributed by atoms with van der Waals surface area (Å²) in [7, 11) is 1.56. The number of benzene rings is 2. The standard InChI is InChI=1S/C21H19BF2N2O/c1-27-19-14-12-18(13-15-19)26-21-11-7-3-6-10-20(21)25(22(26,23)24)16-17-8-4-2-5-9-17/h2-15H,16H2,1H3. The van der Waals surface area contributed by atoms with Crippen molar-refractivity contribution in [3.63, 3.8) is 0 Å². The van der Waals surface area contributed by atoms with Gasteiger partial charge in [-0.05, 0) is 30.3 Å². The van der Waals surface area contributed by atoms with Gasteiger partial charge in [-0.2, -0.15) is 0 Å². The molecular weight excluding hydrogens is 345 g/mol. The first-order chi connectivity index (χ1) is 13.1. The summed E-state index contributed by atoms with van der Waals surface area (Å²) in [5.41, 5.74) is 2.28. The summed E-state index contributed by atoms with van der Waals surface area (Å²) < 4.78 is 37.6. The van der Waals surface area contributed by atoms with E-state index in [4.69, 9.17) is 4.74 Å². The summed E-state index contributed by atoms with van der Waals surface area (Å²) in [5, 5.41) is 0. The first kappa shape index (κ1) is 17.3. The molecule has 0 aromatic heterocycles. The smallest absolute Gasteiger partial charge is 0.497 e. The molecule has 0 atom stereocenters. The lowest BCUT2D eigenvalue weighted by molar-refractivity contribution is -0.434. The van der Waals surface area contributed by atoms with Crippen molar-refractivity contribution in [2.24, 2.45) is 0 Å². The molecule has 2 aromatic carbocycles. The number of anilines is 1. The summed E-state index contributed by atoms with van der Waals surface area (Å²) in [6.07, 6.45) is 8.90. The van der Waals surface area contributed by atoms with Gasteiger partial charge < -0.3 is 22.7 Å². The first-order valence-electron chi connectivity index (χ1n) is 8.80. The van der Waals surface area contributed by atoms with Crippen LogP contribution in [0.4, 0.5) is 14.3 Å². The molecule has 0 N–H and O–H groups in total. The van der Waals surface area contributed by atoms with Gasteiger partial charge in [0.05, 0.1) is 12.8 Å². The Morgan fingerprint density at radius 1 is 0.963 bits per heavy atom. The minimum Gasteiger partial charge on any atom is -0.497 e. The Morgan fingerprint density at radius 3 is 2.41 bits per heavy atom. The van der Waals surface area contributed by atoms with E-state index in [0.29, 0.717) is 22.8 Å². The van der Waals surface area contributed by atoms with E-state index in [1.165, 1.54) is 4.49 Å². The number of methoxy groups -OCH3 is 1. The topological polar surface area (TPSA) is 15.5 Å². The Balaban J connectivity index is 1.81. The molecule has 0 bridgehead atoms. The van der Waals surface area contributed by atoms with E-state index >= 15 is 8.63 Å². The molecule has 0 unspecified atom stereocenters. The average Bonchev–Trinajstić information content (AvgIpc) is 2.84. The number of allylic oxidation sites excluding steroid dienone is 5. The van der Waals surface area contributed by atoms with Crippen LogP contribution in [0.5, 0.6) is 5.75 Å². The van der Waals surface area contributed by atoms with Crippen molar-refractivity contribution < 1.29 is 17.9 Å². The third-order valence-corrected chi connectivity index (χ3v) is 4.79. The number of rotatable bonds is 4. The highest BCUT2D eigenvalue weighted by molar-refractivity contribution is 6.67. The highest BCUT2D eigenvalue weighted by Crippen LogP contribution is 2.37. The predicted molar refractivity (Wildman–Crippen MR) is 105 cm³/mol. The number of hydrogen-bond acceptors (Lipinski definition) is 2. The van der Waals surface area contributed by atoms with Gasteiger partial charge in [0, 0.05) is 17.3 Å². The molecule has 1 heterocycles. The Bertz CT molecular complexity index is 963. The quantitative estimate of drug-likeness (QED) is 0.740. The van der Waals surface area contributed by atoms with Gasteiger partial charge in [-0.25, -0.2) is 0 Å². The van der Waals surface area contributed by atoms with Crippen molar-refractivity contribution in [2.45, 2.75) is 6.54 Å². The Morgan fingerprint density at radius 2 is 1.70 bits per heavy atom. The summed E-state index contributed by atoms with van der Waals surface area (Å²) in [6, 6.07) is 16.1. The number of nitrogens with zero attached hydrogens (tertiary/aromatic N) is 2. The molecule has 2 aromatic rings. The number of halogens is 2. The molecule has 1 aliphatic heterocycles. The summed E-state index contributed by atoms with van der Waals surface area (Å²) in [5.74, 6) is 0.633. The zero-order valence-electron chi connectivity index (χ0n) is 14.9. The largest absolute Gasteiger partial charge is 0.732 e. The maximum Gasteiger partial charge on any atom is 0.732 e. The van der Waals surface area contributed by atoms with Gasteiger partial charge in [0.1, 0.15) is 12.3 Å². The van der Waals surface area contributed by atoms with Crippen molar-refractivity contribution in [3.8, 4) is 5.75 Å². The SMILES string of the molecule is COc1ccc(N2C3=CC=CC=CC3=[N+](Cc3ccccc3)[B-]2(F)F)cc1. The Labute approximate surface area is 157 Å². The summed E-state index contributed by atoms with van der Waals surface area (Å²) >= 11 is 0. The second-order valence-electron chi connectivity index (χ2n) is 6.45. The predicted octanol–water partition coefficient (Wildman–Crippen LogP) is 4.55. The van der Waals surface area contributed by atoms with Crippen LogP contribution in [0.15, 0.2) is 90.7 Å². The molecule has 0 fully saturated rings. The lowest BCUT2D eigenvalue weighted by atomic mass is 9.92. The van der Waals surface area contributed by atoms with Gasteiger partial charge in [-0.15, -0.1) is 0 Å². The fourth-order valence-electron chi connectivity index (χ4n) is 3.49. The molecule has 4 rings (SSSR count). The maximum absolute atomic E-state index is 15.6. The van der Waals surface area contributed by atoms with Crippen molar-refractivity contribution in [2.75, 3.05) is 11.9 Å². The molecule has 0 amide bonds. The highest BCUT2D eigenvalue weighted by atomic mass is 19.2. The van der Waals surface area contributed by atoms with Crippen LogP contribution >= 0.6 is 0 Å². The molecule has 0 saturated heterocycles. The van der Waals surface area contributed by atoms with Crippen LogP contribution in [0.25, 0.3) is 0 Å². The Hall–Kier alpha value is -3.15. The molecule has 136 valence electrons. The molecule has 0 saturated carbocycles. The van der Waals surface area contributed by atoms with Crippen molar-refractivity contribution in [3.05, 3.63) is 96.2 Å². The van der Waals surface area contributed by atoms with Gasteiger partial charge in [0.2, 0.25) is 0 Å². The van der Waals surface area contributed by atoms with E-state index in [1.807, 2.05) is 36.4 Å². The second kappa shape index (κ2) is 6.87. The molecule has 6 heteroatoms. The van der Waals surface area contributed by atoms with Crippen LogP contribution < -0.4 is 9.55 Å². The Kier molecular flexibility index (Phi) is 4.40. The fraction of sp³-hybridized carbons (Fsp3) is 0.0952. The zero-order chi connectivity index (χ0) is 18.9. The molecular formula is C21H19BF2N2O. The molecule has 1 aliphatic carbocycles. The van der Waals surface area contributed by atoms with Crippen LogP contribution in [0, 0.1) is 0 Å². The van der Waals surface area contributed by atoms with Crippen LogP contribution in [0.2, 0.25) is 0 Å². The van der Waals surface area contributed by atoms with Crippen LogP contribution in [-0.2, 0) is 6.54 Å². The first-order valence-corrected chi connectivity index (χ1v) is 8.80. The summed E-state index contributed by atoms with van der Waals surface area (Å²) in [4.78, 5) is 1.14. The second-order valence-corrected chi connectivity index (χ2v) is 6.45. The third kappa shape index (κ3) is 3.08. The van der Waals surface area contributed by atoms with Crippen LogP contribution in [0.1, 0.15) is 5.56 Å². The molecule has 3 nitrogen and oxygen atoms in total. The van der Waals surface area contributed by atoms with Gasteiger partial charge in [0.15, 0.2) is 5.71 Å². The molecule has 2 aliphatic rings. The molecule has 0 spiro atoms. The van der Waals surface area contributed by atoms with Crippen molar-refractivity contribution in [1.29, 1.82) is 0 Å². The lowest BCUT2D eigenvalue weighted by Gasteiger charge is -2.30. The normalized spacial score (nSPS) is 17.6. The lowest BCUT2D eigenvalue weighted by Crippen LogP contribution is -2.50. The highest BCUT2D eigenvalue weighted by Gasteiger charge is 2.57. The van der Waals surface area contributed by atoms with Gasteiger partial charge in [0.25, 0.3) is 0 Å². The summed E-state index contributed by atoms with van der Waals surface area (Å²) in [6.45, 7) is -3.86. The van der Waals surface area contributed by atoms with Gasteiger partial charge in [-0.3, -0.25) is 0 Å². The van der Waals surface area contributed by atoms with Crippen molar-refractivity contribution in [1.82, 2.24) is 0 Å². The number of ether oxygens (including phenoxy) is 1. The maximum atomic E-state index is 15.6. The minimum absolute atomic E-state index is 0.136. The average molecular weight is 364 g/mol. The van der Waals surface area contributed by atoms with E-state index in [9.17, 15) is 0 Å². The number of hydrogen-bond donors (Lipinski definition) is 0. The van der Waals surface area contributed by atoms with Gasteiger partial charge >= 0.3 is 6.97 Å². The minimum atomic E-state index is -4.00. The monoisotopic (exact) mass is 364 g/mol. The van der Waals surface area contributed by atoms with Crippen molar-refractivity contribution >= 4 is 18.4 Å². The fourth-order valence-corrected chi connectivity index (χ4v) is 3.49. The molecule has 0 radical (unpaired) electrons. The number of fused-ring (bicyclic) bond motifs is 1. The van der Waals surface area contributed by atoms with E-state index in [2.05, 4.69) is 0 Å². The van der Waals surface area contributed by atoms with Crippen LogP contribution in [0.3, 0.4) is 0 Å². The zero-order valence-corrected chi connectivity index (χ0v) is 14.9. The van der Waals surface area contributed by atoms with E-state index < -0.39 is 6.97 Å². The van der Waals surface area contributed by atoms with E-state index in [-0.39, 0.29) is 6.54 Å². The van der Waals surface area contributed by atoms with Gasteiger partial charge in [-0.1, -0.05) is 48.6 Å². The molecule has 27 heavy (non-hydrogen) atoms. The van der Waals surface area contributed by atoms with Crippen LogP contribution in [-0.4, -0.2) is 24.3 Å².